The van der Waals surface area contributed by atoms with Crippen LogP contribution in [0.1, 0.15) is 41.2 Å². The van der Waals surface area contributed by atoms with E-state index in [1.807, 2.05) is 32.9 Å². The molecular formula is C28H28ClN5O5. The molecule has 2 aromatic heterocycles. The van der Waals surface area contributed by atoms with Crippen molar-refractivity contribution in [2.75, 3.05) is 12.4 Å². The Labute approximate surface area is 229 Å². The van der Waals surface area contributed by atoms with E-state index in [9.17, 15) is 14.4 Å². The van der Waals surface area contributed by atoms with Gasteiger partial charge in [-0.3, -0.25) is 4.57 Å². The van der Waals surface area contributed by atoms with Crippen molar-refractivity contribution in [1.82, 2.24) is 19.1 Å². The number of aromatic nitrogens is 4. The molecule has 2 heterocycles. The van der Waals surface area contributed by atoms with Crippen molar-refractivity contribution < 1.29 is 14.3 Å². The molecule has 0 unspecified atom stereocenters. The summed E-state index contributed by atoms with van der Waals surface area (Å²) in [5.74, 6) is 0.186. The molecule has 0 bridgehead atoms. The number of nitrogens with one attached hydrogen (secondary N) is 1. The van der Waals surface area contributed by atoms with E-state index >= 15 is 0 Å². The van der Waals surface area contributed by atoms with Gasteiger partial charge < -0.3 is 14.8 Å². The van der Waals surface area contributed by atoms with Crippen LogP contribution in [-0.4, -0.2) is 38.3 Å². The zero-order valence-electron chi connectivity index (χ0n) is 22.0. The monoisotopic (exact) mass is 549 g/mol. The average Bonchev–Trinajstić information content (AvgIpc) is 2.91. The highest BCUT2D eigenvalue weighted by atomic mass is 35.5. The molecule has 39 heavy (non-hydrogen) atoms. The minimum absolute atomic E-state index is 0.0177. The maximum absolute atomic E-state index is 13.7. The Bertz CT molecular complexity index is 1610. The number of carbonyl (C=O) groups is 1. The molecule has 0 amide bonds. The zero-order valence-corrected chi connectivity index (χ0v) is 22.7. The normalized spacial score (nSPS) is 10.9. The van der Waals surface area contributed by atoms with Gasteiger partial charge in [0.1, 0.15) is 11.4 Å². The van der Waals surface area contributed by atoms with Gasteiger partial charge in [0, 0.05) is 10.7 Å². The van der Waals surface area contributed by atoms with E-state index in [2.05, 4.69) is 15.3 Å². The van der Waals surface area contributed by atoms with E-state index in [4.69, 9.17) is 21.1 Å². The number of methoxy groups -OCH3 is 1. The molecule has 1 N–H and O–H groups in total. The Morgan fingerprint density at radius 3 is 2.41 bits per heavy atom. The highest BCUT2D eigenvalue weighted by Gasteiger charge is 2.17. The van der Waals surface area contributed by atoms with Gasteiger partial charge in [0.25, 0.3) is 0 Å². The van der Waals surface area contributed by atoms with Gasteiger partial charge in [-0.15, -0.1) is 0 Å². The minimum atomic E-state index is -0.767. The number of rotatable bonds is 9. The fourth-order valence-corrected chi connectivity index (χ4v) is 3.99. The second-order valence-electron chi connectivity index (χ2n) is 9.08. The first-order valence-electron chi connectivity index (χ1n) is 12.2. The van der Waals surface area contributed by atoms with Gasteiger partial charge in [0.2, 0.25) is 5.95 Å². The van der Waals surface area contributed by atoms with Crippen LogP contribution in [0.25, 0.3) is 0 Å². The van der Waals surface area contributed by atoms with Gasteiger partial charge in [-0.1, -0.05) is 29.8 Å². The fourth-order valence-electron chi connectivity index (χ4n) is 3.87. The Balaban J connectivity index is 1.75. The smallest absolute Gasteiger partial charge is 0.356 e. The van der Waals surface area contributed by atoms with Crippen molar-refractivity contribution in [3.63, 3.8) is 0 Å². The number of anilines is 2. The lowest BCUT2D eigenvalue weighted by Gasteiger charge is -2.17. The van der Waals surface area contributed by atoms with E-state index in [1.54, 1.807) is 42.5 Å². The summed E-state index contributed by atoms with van der Waals surface area (Å²) in [4.78, 5) is 47.0. The third-order valence-corrected chi connectivity index (χ3v) is 5.97. The number of ether oxygens (including phenoxy) is 2. The molecule has 0 spiro atoms. The molecule has 0 saturated heterocycles. The average molecular weight is 550 g/mol. The second kappa shape index (κ2) is 12.0. The van der Waals surface area contributed by atoms with Crippen LogP contribution in [0.5, 0.6) is 5.75 Å². The fraction of sp³-hybridized carbons (Fsp3) is 0.250. The number of pyridine rings is 1. The number of hydrogen-bond donors (Lipinski definition) is 1. The number of nitrogens with zero attached hydrogens (tertiary/aromatic N) is 4. The zero-order chi connectivity index (χ0) is 28.1. The van der Waals surface area contributed by atoms with Crippen LogP contribution >= 0.6 is 11.6 Å². The molecule has 0 saturated carbocycles. The number of esters is 1. The molecule has 202 valence electrons. The number of carbonyl (C=O) groups excluding carboxylic acids is 1. The number of benzene rings is 2. The van der Waals surface area contributed by atoms with Gasteiger partial charge in [-0.2, -0.15) is 4.98 Å². The maximum atomic E-state index is 13.7. The quantitative estimate of drug-likeness (QED) is 0.309. The van der Waals surface area contributed by atoms with Gasteiger partial charge in [0.05, 0.1) is 32.0 Å². The van der Waals surface area contributed by atoms with Crippen LogP contribution in [-0.2, 0) is 17.8 Å². The van der Waals surface area contributed by atoms with Crippen LogP contribution in [0, 0.1) is 6.92 Å². The van der Waals surface area contributed by atoms with Crippen LogP contribution in [0.15, 0.2) is 70.3 Å². The van der Waals surface area contributed by atoms with Crippen molar-refractivity contribution in [2.45, 2.75) is 40.0 Å². The number of aryl methyl sites for hydroxylation is 1. The first-order chi connectivity index (χ1) is 18.6. The van der Waals surface area contributed by atoms with Crippen molar-refractivity contribution in [3.8, 4) is 5.75 Å². The summed E-state index contributed by atoms with van der Waals surface area (Å²) in [5.41, 5.74) is 1.31. The molecule has 0 aliphatic heterocycles. The van der Waals surface area contributed by atoms with Gasteiger partial charge >= 0.3 is 17.3 Å². The Morgan fingerprint density at radius 1 is 1.00 bits per heavy atom. The van der Waals surface area contributed by atoms with Crippen LogP contribution < -0.4 is 21.4 Å². The molecule has 4 aromatic rings. The summed E-state index contributed by atoms with van der Waals surface area (Å²) in [6.07, 6.45) is 0.0177. The Kier molecular flexibility index (Phi) is 8.46. The third kappa shape index (κ3) is 6.71. The number of halogens is 1. The summed E-state index contributed by atoms with van der Waals surface area (Å²) >= 11 is 6.04. The second-order valence-corrected chi connectivity index (χ2v) is 9.51. The molecule has 0 aliphatic rings. The van der Waals surface area contributed by atoms with Gasteiger partial charge in [-0.25, -0.2) is 23.9 Å². The summed E-state index contributed by atoms with van der Waals surface area (Å²) < 4.78 is 12.9. The third-order valence-electron chi connectivity index (χ3n) is 5.72. The number of hydrogen-bond acceptors (Lipinski definition) is 8. The summed E-state index contributed by atoms with van der Waals surface area (Å²) in [6.45, 7) is 5.73. The molecule has 11 heteroatoms. The predicted octanol–water partition coefficient (Wildman–Crippen LogP) is 4.18. The topological polar surface area (TPSA) is 117 Å². The molecule has 2 aromatic carbocycles. The highest BCUT2D eigenvalue weighted by molar-refractivity contribution is 6.30. The van der Waals surface area contributed by atoms with Crippen LogP contribution in [0.4, 0.5) is 11.6 Å². The first kappa shape index (κ1) is 27.6. The largest absolute Gasteiger partial charge is 0.491 e. The van der Waals surface area contributed by atoms with Crippen molar-refractivity contribution in [3.05, 3.63) is 109 Å². The first-order valence-corrected chi connectivity index (χ1v) is 12.6. The summed E-state index contributed by atoms with van der Waals surface area (Å²) in [5, 5.41) is 3.67. The molecule has 10 nitrogen and oxygen atoms in total. The van der Waals surface area contributed by atoms with E-state index < -0.39 is 17.3 Å². The van der Waals surface area contributed by atoms with E-state index in [-0.39, 0.29) is 30.8 Å². The lowest BCUT2D eigenvalue weighted by Crippen LogP contribution is -2.43. The Morgan fingerprint density at radius 2 is 1.74 bits per heavy atom. The highest BCUT2D eigenvalue weighted by Crippen LogP contribution is 2.24. The summed E-state index contributed by atoms with van der Waals surface area (Å²) in [6, 6.07) is 17.2. The minimum Gasteiger partial charge on any atom is -0.491 e. The van der Waals surface area contributed by atoms with Gasteiger partial charge in [0.15, 0.2) is 0 Å². The van der Waals surface area contributed by atoms with Crippen LogP contribution in [0.3, 0.4) is 0 Å². The predicted molar refractivity (Wildman–Crippen MR) is 148 cm³/mol. The molecule has 4 rings (SSSR count). The van der Waals surface area contributed by atoms with E-state index in [1.165, 1.54) is 17.7 Å². The van der Waals surface area contributed by atoms with Crippen LogP contribution in [0.2, 0.25) is 5.02 Å². The summed E-state index contributed by atoms with van der Waals surface area (Å²) in [7, 11) is 1.25. The lowest BCUT2D eigenvalue weighted by atomic mass is 10.2. The molecule has 0 aliphatic carbocycles. The van der Waals surface area contributed by atoms with Crippen molar-refractivity contribution in [2.24, 2.45) is 0 Å². The molecule has 0 atom stereocenters. The van der Waals surface area contributed by atoms with Crippen molar-refractivity contribution in [1.29, 1.82) is 0 Å². The SMILES string of the molecule is COC(=O)c1cccc(Cn2c(=O)nc(Nc3ccc(OC(C)C)c(C)c3)n(Cc3ccc(Cl)cc3)c2=O)n1. The maximum Gasteiger partial charge on any atom is 0.356 e. The Hall–Kier alpha value is -4.44. The van der Waals surface area contributed by atoms with Crippen molar-refractivity contribution >= 4 is 29.2 Å². The standard InChI is InChI=1S/C28H28ClN5O5/c1-17(2)39-24-13-12-21(14-18(24)3)31-26-32-27(36)34(16-22-6-5-7-23(30-22)25(35)38-4)28(37)33(26)15-19-8-10-20(29)11-9-19/h5-14,17H,15-16H2,1-4H3,(H,31,32,36). The lowest BCUT2D eigenvalue weighted by molar-refractivity contribution is 0.0593. The molecule has 0 radical (unpaired) electrons. The van der Waals surface area contributed by atoms with E-state index in [0.717, 1.165) is 21.4 Å². The molecular weight excluding hydrogens is 522 g/mol. The van der Waals surface area contributed by atoms with E-state index in [0.29, 0.717) is 16.4 Å². The van der Waals surface area contributed by atoms with Gasteiger partial charge in [-0.05, 0) is 74.4 Å². The molecule has 0 fully saturated rings.